The molecule has 0 saturated carbocycles. The summed E-state index contributed by atoms with van der Waals surface area (Å²) >= 11 is 0. The summed E-state index contributed by atoms with van der Waals surface area (Å²) in [4.78, 5) is 0. The first-order valence-corrected chi connectivity index (χ1v) is 12.4. The standard InChI is InChI=1S/C26H52O7/c1-9-11-12-14-21(28-4)15-23(29-5)17-25(31-7)19-26(32-8)18-24(30-6)16-22(13-10-2)33-20-27-3/h10,21-26H,2,9,11-20H2,1,3-8H3/t21-,22+,23-,24-,25-,26-/m1/s1. The molecule has 0 aromatic rings. The Bertz CT molecular complexity index is 435. The fourth-order valence-electron chi connectivity index (χ4n) is 4.16. The molecule has 0 rings (SSSR count). The number of methoxy groups -OCH3 is 6. The lowest BCUT2D eigenvalue weighted by Gasteiger charge is -2.29. The van der Waals surface area contributed by atoms with Crippen LogP contribution in [0, 0.1) is 0 Å². The maximum atomic E-state index is 5.82. The van der Waals surface area contributed by atoms with E-state index in [2.05, 4.69) is 13.5 Å². The van der Waals surface area contributed by atoms with E-state index >= 15 is 0 Å². The second-order valence-electron chi connectivity index (χ2n) is 8.68. The van der Waals surface area contributed by atoms with Gasteiger partial charge in [0.25, 0.3) is 0 Å². The minimum Gasteiger partial charge on any atom is -0.381 e. The molecule has 0 aromatic carbocycles. The van der Waals surface area contributed by atoms with Gasteiger partial charge in [-0.05, 0) is 38.5 Å². The van der Waals surface area contributed by atoms with Crippen LogP contribution in [0.3, 0.4) is 0 Å². The van der Waals surface area contributed by atoms with Crippen molar-refractivity contribution in [3.8, 4) is 0 Å². The van der Waals surface area contributed by atoms with Gasteiger partial charge in [0.1, 0.15) is 6.79 Å². The van der Waals surface area contributed by atoms with Gasteiger partial charge in [-0.3, -0.25) is 0 Å². The Morgan fingerprint density at radius 1 is 0.606 bits per heavy atom. The van der Waals surface area contributed by atoms with Crippen molar-refractivity contribution in [3.05, 3.63) is 12.7 Å². The SMILES string of the molecule is C=CC[C@@H](C[C@H](C[C@H](C[C@@H](C[C@@H](C[C@@H](CCCCC)OC)OC)OC)OC)OC)OCOC. The molecule has 0 unspecified atom stereocenters. The van der Waals surface area contributed by atoms with Crippen LogP contribution in [0.2, 0.25) is 0 Å². The summed E-state index contributed by atoms with van der Waals surface area (Å²) < 4.78 is 39.7. The monoisotopic (exact) mass is 476 g/mol. The Balaban J connectivity index is 4.85. The normalized spacial score (nSPS) is 17.3. The second-order valence-corrected chi connectivity index (χ2v) is 8.68. The van der Waals surface area contributed by atoms with Gasteiger partial charge in [-0.25, -0.2) is 0 Å². The van der Waals surface area contributed by atoms with Crippen molar-refractivity contribution in [2.24, 2.45) is 0 Å². The minimum absolute atomic E-state index is 0.000291. The summed E-state index contributed by atoms with van der Waals surface area (Å²) in [6.07, 6.45) is 11.6. The molecule has 0 aliphatic carbocycles. The van der Waals surface area contributed by atoms with Gasteiger partial charge >= 0.3 is 0 Å². The van der Waals surface area contributed by atoms with Gasteiger partial charge < -0.3 is 33.2 Å². The molecule has 6 atom stereocenters. The van der Waals surface area contributed by atoms with E-state index in [1.807, 2.05) is 6.08 Å². The zero-order chi connectivity index (χ0) is 24.9. The van der Waals surface area contributed by atoms with Crippen LogP contribution in [-0.2, 0) is 33.2 Å². The van der Waals surface area contributed by atoms with Gasteiger partial charge in [0.2, 0.25) is 0 Å². The quantitative estimate of drug-likeness (QED) is 0.108. The van der Waals surface area contributed by atoms with Crippen molar-refractivity contribution in [1.82, 2.24) is 0 Å². The average molecular weight is 477 g/mol. The van der Waals surface area contributed by atoms with Crippen molar-refractivity contribution < 1.29 is 33.2 Å². The van der Waals surface area contributed by atoms with Crippen LogP contribution in [0.1, 0.15) is 71.1 Å². The largest absolute Gasteiger partial charge is 0.381 e. The minimum atomic E-state index is -0.000291. The van der Waals surface area contributed by atoms with Gasteiger partial charge in [-0.2, -0.15) is 0 Å². The van der Waals surface area contributed by atoms with E-state index in [9.17, 15) is 0 Å². The Hall–Kier alpha value is -0.540. The van der Waals surface area contributed by atoms with Crippen molar-refractivity contribution >= 4 is 0 Å². The topological polar surface area (TPSA) is 64.6 Å². The van der Waals surface area contributed by atoms with Crippen molar-refractivity contribution in [3.63, 3.8) is 0 Å². The highest BCUT2D eigenvalue weighted by atomic mass is 16.7. The van der Waals surface area contributed by atoms with Crippen LogP contribution >= 0.6 is 0 Å². The van der Waals surface area contributed by atoms with E-state index in [4.69, 9.17) is 33.2 Å². The number of unbranched alkanes of at least 4 members (excludes halogenated alkanes) is 2. The van der Waals surface area contributed by atoms with Gasteiger partial charge in [0.15, 0.2) is 0 Å². The third kappa shape index (κ3) is 15.9. The Morgan fingerprint density at radius 2 is 1.03 bits per heavy atom. The molecule has 33 heavy (non-hydrogen) atoms. The van der Waals surface area contributed by atoms with E-state index in [1.165, 1.54) is 19.3 Å². The predicted molar refractivity (Wildman–Crippen MR) is 133 cm³/mol. The lowest BCUT2D eigenvalue weighted by molar-refractivity contribution is -0.0924. The van der Waals surface area contributed by atoms with Crippen LogP contribution in [0.15, 0.2) is 12.7 Å². The lowest BCUT2D eigenvalue weighted by Crippen LogP contribution is -2.32. The first-order chi connectivity index (χ1) is 16.0. The predicted octanol–water partition coefficient (Wildman–Crippen LogP) is 5.16. The molecular weight excluding hydrogens is 424 g/mol. The highest BCUT2D eigenvalue weighted by Gasteiger charge is 2.26. The third-order valence-corrected chi connectivity index (χ3v) is 6.28. The number of rotatable bonds is 24. The van der Waals surface area contributed by atoms with E-state index in [0.29, 0.717) is 0 Å². The maximum Gasteiger partial charge on any atom is 0.146 e. The average Bonchev–Trinajstić information content (AvgIpc) is 2.84. The van der Waals surface area contributed by atoms with Gasteiger partial charge in [-0.15, -0.1) is 6.58 Å². The van der Waals surface area contributed by atoms with Crippen molar-refractivity contribution in [1.29, 1.82) is 0 Å². The van der Waals surface area contributed by atoms with E-state index < -0.39 is 0 Å². The third-order valence-electron chi connectivity index (χ3n) is 6.28. The first-order valence-electron chi connectivity index (χ1n) is 12.4. The zero-order valence-electron chi connectivity index (χ0n) is 22.4. The highest BCUT2D eigenvalue weighted by molar-refractivity contribution is 4.80. The molecule has 0 N–H and O–H groups in total. The number of hydrogen-bond acceptors (Lipinski definition) is 7. The van der Waals surface area contributed by atoms with Crippen LogP contribution in [0.4, 0.5) is 0 Å². The Kier molecular flexibility index (Phi) is 21.6. The summed E-state index contributed by atoms with van der Waals surface area (Å²) in [5, 5.41) is 0. The smallest absolute Gasteiger partial charge is 0.146 e. The molecule has 0 aromatic heterocycles. The van der Waals surface area contributed by atoms with Crippen LogP contribution in [-0.4, -0.2) is 86.1 Å². The molecule has 0 fully saturated rings. The summed E-state index contributed by atoms with van der Waals surface area (Å²) in [5.74, 6) is 0. The number of hydrogen-bond donors (Lipinski definition) is 0. The Labute approximate surface area is 203 Å². The molecule has 0 radical (unpaired) electrons. The molecule has 7 nitrogen and oxygen atoms in total. The Morgan fingerprint density at radius 3 is 1.39 bits per heavy atom. The van der Waals surface area contributed by atoms with Gasteiger partial charge in [-0.1, -0.05) is 32.3 Å². The molecule has 0 spiro atoms. The zero-order valence-corrected chi connectivity index (χ0v) is 22.4. The second kappa shape index (κ2) is 22.0. The summed E-state index contributed by atoms with van der Waals surface area (Å²) in [5.41, 5.74) is 0. The fourth-order valence-corrected chi connectivity index (χ4v) is 4.16. The fraction of sp³-hybridized carbons (Fsp3) is 0.923. The molecule has 0 aliphatic heterocycles. The summed E-state index contributed by atoms with van der Waals surface area (Å²) in [6.45, 7) is 6.30. The summed E-state index contributed by atoms with van der Waals surface area (Å²) in [6, 6.07) is 0. The molecule has 0 bridgehead atoms. The van der Waals surface area contributed by atoms with E-state index in [0.717, 1.165) is 44.9 Å². The van der Waals surface area contributed by atoms with Crippen LogP contribution in [0.5, 0.6) is 0 Å². The molecule has 7 heteroatoms. The van der Waals surface area contributed by atoms with Crippen LogP contribution in [0.25, 0.3) is 0 Å². The lowest BCUT2D eigenvalue weighted by atomic mass is 9.95. The van der Waals surface area contributed by atoms with E-state index in [1.54, 1.807) is 42.7 Å². The first kappa shape index (κ1) is 32.5. The van der Waals surface area contributed by atoms with Gasteiger partial charge in [0, 0.05) is 49.1 Å². The number of ether oxygens (including phenoxy) is 7. The molecule has 0 aliphatic rings. The highest BCUT2D eigenvalue weighted by Crippen LogP contribution is 2.23. The van der Waals surface area contributed by atoms with Crippen molar-refractivity contribution in [2.75, 3.05) is 49.5 Å². The van der Waals surface area contributed by atoms with E-state index in [-0.39, 0.29) is 43.4 Å². The summed E-state index contributed by atoms with van der Waals surface area (Å²) in [7, 11) is 10.4. The van der Waals surface area contributed by atoms with Gasteiger partial charge in [0.05, 0.1) is 36.6 Å². The molecule has 0 saturated heterocycles. The molecule has 198 valence electrons. The molecule has 0 amide bonds. The molecule has 0 heterocycles. The van der Waals surface area contributed by atoms with Crippen molar-refractivity contribution in [2.45, 2.75) is 108 Å². The van der Waals surface area contributed by atoms with Crippen LogP contribution < -0.4 is 0 Å². The maximum absolute atomic E-state index is 5.82. The molecular formula is C26H52O7.